The lowest BCUT2D eigenvalue weighted by Gasteiger charge is -2.29. The largest absolute Gasteiger partial charge is 0.280 e. The minimum atomic E-state index is -2.93. The summed E-state index contributed by atoms with van der Waals surface area (Å²) < 4.78 is 28.3. The maximum Gasteiger partial charge on any atom is 0.203 e. The molecule has 1 atom stereocenters. The normalized spacial score (nSPS) is 19.3. The molecule has 0 radical (unpaired) electrons. The first kappa shape index (κ1) is 20.2. The fourth-order valence-corrected chi connectivity index (χ4v) is 5.72. The van der Waals surface area contributed by atoms with Crippen LogP contribution in [0.25, 0.3) is 5.69 Å². The second-order valence-electron chi connectivity index (χ2n) is 7.86. The Kier molecular flexibility index (Phi) is 5.88. The van der Waals surface area contributed by atoms with Crippen molar-refractivity contribution in [2.24, 2.45) is 5.92 Å². The molecule has 3 rings (SSSR count). The van der Waals surface area contributed by atoms with Crippen molar-refractivity contribution in [1.82, 2.24) is 19.2 Å². The van der Waals surface area contributed by atoms with Crippen LogP contribution in [0.3, 0.4) is 0 Å². The first-order valence-electron chi connectivity index (χ1n) is 9.34. The van der Waals surface area contributed by atoms with E-state index in [1.54, 1.807) is 0 Å². The van der Waals surface area contributed by atoms with Crippen molar-refractivity contribution in [2.75, 3.05) is 18.1 Å². The molecule has 0 bridgehead atoms. The zero-order chi connectivity index (χ0) is 19.8. The maximum atomic E-state index is 11.9. The number of hydrogen-bond acceptors (Lipinski definition) is 5. The van der Waals surface area contributed by atoms with E-state index in [9.17, 15) is 8.42 Å². The molecule has 0 spiro atoms. The average molecular weight is 409 g/mol. The van der Waals surface area contributed by atoms with Crippen LogP contribution in [-0.4, -0.2) is 51.8 Å². The zero-order valence-corrected chi connectivity index (χ0v) is 18.1. The highest BCUT2D eigenvalue weighted by molar-refractivity contribution is 7.91. The molecular formula is C19H28N4O2S2. The predicted molar refractivity (Wildman–Crippen MR) is 110 cm³/mol. The van der Waals surface area contributed by atoms with Crippen molar-refractivity contribution < 1.29 is 8.42 Å². The highest BCUT2D eigenvalue weighted by atomic mass is 32.2. The fraction of sp³-hybridized carbons (Fsp3) is 0.579. The summed E-state index contributed by atoms with van der Waals surface area (Å²) >= 11 is 5.70. The van der Waals surface area contributed by atoms with Gasteiger partial charge >= 0.3 is 0 Å². The lowest BCUT2D eigenvalue weighted by molar-refractivity contribution is 0.137. The van der Waals surface area contributed by atoms with Crippen LogP contribution in [-0.2, 0) is 16.5 Å². The van der Waals surface area contributed by atoms with E-state index in [2.05, 4.69) is 42.9 Å². The van der Waals surface area contributed by atoms with E-state index in [1.807, 2.05) is 28.3 Å². The van der Waals surface area contributed by atoms with Gasteiger partial charge in [0.05, 0.1) is 18.2 Å². The van der Waals surface area contributed by atoms with Crippen molar-refractivity contribution in [1.29, 1.82) is 0 Å². The van der Waals surface area contributed by atoms with E-state index in [-0.39, 0.29) is 17.5 Å². The van der Waals surface area contributed by atoms with E-state index in [0.717, 1.165) is 18.1 Å². The second-order valence-corrected chi connectivity index (χ2v) is 10.5. The maximum absolute atomic E-state index is 11.9. The van der Waals surface area contributed by atoms with Gasteiger partial charge < -0.3 is 0 Å². The van der Waals surface area contributed by atoms with E-state index in [4.69, 9.17) is 12.2 Å². The molecule has 1 aromatic heterocycles. The first-order valence-corrected chi connectivity index (χ1v) is 11.6. The second kappa shape index (κ2) is 7.85. The lowest BCUT2D eigenvalue weighted by Crippen LogP contribution is -2.40. The Bertz CT molecular complexity index is 959. The van der Waals surface area contributed by atoms with Crippen LogP contribution in [0.15, 0.2) is 24.3 Å². The number of sulfone groups is 1. The minimum Gasteiger partial charge on any atom is -0.280 e. The van der Waals surface area contributed by atoms with Crippen LogP contribution < -0.4 is 0 Å². The molecule has 1 aliphatic heterocycles. The van der Waals surface area contributed by atoms with E-state index >= 15 is 0 Å². The Morgan fingerprint density at radius 3 is 2.48 bits per heavy atom. The molecule has 1 aliphatic rings. The number of rotatable bonds is 6. The molecule has 1 aromatic carbocycles. The summed E-state index contributed by atoms with van der Waals surface area (Å²) in [5.74, 6) is 1.76. The van der Waals surface area contributed by atoms with Crippen LogP contribution >= 0.6 is 12.2 Å². The van der Waals surface area contributed by atoms with Crippen LogP contribution in [0.1, 0.15) is 31.7 Å². The third-order valence-electron chi connectivity index (χ3n) is 4.93. The lowest BCUT2D eigenvalue weighted by atomic mass is 10.1. The van der Waals surface area contributed by atoms with Crippen molar-refractivity contribution >= 4 is 22.1 Å². The van der Waals surface area contributed by atoms with E-state index < -0.39 is 9.84 Å². The van der Waals surface area contributed by atoms with Gasteiger partial charge in [0.15, 0.2) is 9.84 Å². The van der Waals surface area contributed by atoms with Gasteiger partial charge in [0, 0.05) is 18.3 Å². The van der Waals surface area contributed by atoms with Gasteiger partial charge in [-0.15, -0.1) is 0 Å². The van der Waals surface area contributed by atoms with Gasteiger partial charge in [-0.2, -0.15) is 5.10 Å². The summed E-state index contributed by atoms with van der Waals surface area (Å²) in [6, 6.07) is 8.23. The topological polar surface area (TPSA) is 60.1 Å². The molecule has 0 aliphatic carbocycles. The number of benzene rings is 1. The molecule has 0 unspecified atom stereocenters. The number of hydrogen-bond donors (Lipinski definition) is 0. The third-order valence-corrected chi connectivity index (χ3v) is 7.08. The summed E-state index contributed by atoms with van der Waals surface area (Å²) in [7, 11) is -2.93. The highest BCUT2D eigenvalue weighted by Crippen LogP contribution is 2.21. The van der Waals surface area contributed by atoms with E-state index in [1.165, 1.54) is 5.56 Å². The van der Waals surface area contributed by atoms with Crippen LogP contribution in [0.4, 0.5) is 0 Å². The van der Waals surface area contributed by atoms with Crippen molar-refractivity contribution in [2.45, 2.75) is 46.8 Å². The van der Waals surface area contributed by atoms with E-state index in [0.29, 0.717) is 23.8 Å². The standard InChI is InChI=1S/C19H28N4O2S2/c1-14(2)11-21(18-9-10-27(24,25)12-18)13-22-19(26)23(16(4)20-22)17-7-5-15(3)6-8-17/h5-8,14,18H,9-13H2,1-4H3/t18-/m0/s1. The van der Waals surface area contributed by atoms with Crippen LogP contribution in [0, 0.1) is 24.5 Å². The first-order chi connectivity index (χ1) is 12.7. The van der Waals surface area contributed by atoms with Gasteiger partial charge in [0.1, 0.15) is 5.82 Å². The molecule has 2 aromatic rings. The zero-order valence-electron chi connectivity index (χ0n) is 16.4. The van der Waals surface area contributed by atoms with Gasteiger partial charge in [0.2, 0.25) is 4.77 Å². The summed E-state index contributed by atoms with van der Waals surface area (Å²) in [6.07, 6.45) is 0.681. The number of aromatic nitrogens is 3. The monoisotopic (exact) mass is 408 g/mol. The fourth-order valence-electron chi connectivity index (χ4n) is 3.63. The molecule has 8 heteroatoms. The third kappa shape index (κ3) is 4.67. The Hall–Kier alpha value is -1.51. The molecule has 2 heterocycles. The predicted octanol–water partition coefficient (Wildman–Crippen LogP) is 3.12. The highest BCUT2D eigenvalue weighted by Gasteiger charge is 2.33. The average Bonchev–Trinajstić information content (AvgIpc) is 3.07. The molecule has 148 valence electrons. The summed E-state index contributed by atoms with van der Waals surface area (Å²) in [4.78, 5) is 2.22. The minimum absolute atomic E-state index is 0.0316. The van der Waals surface area contributed by atoms with Crippen molar-refractivity contribution in [3.63, 3.8) is 0 Å². The molecule has 0 saturated carbocycles. The van der Waals surface area contributed by atoms with Crippen molar-refractivity contribution in [3.8, 4) is 5.69 Å². The molecular weight excluding hydrogens is 380 g/mol. The van der Waals surface area contributed by atoms with Gasteiger partial charge in [0.25, 0.3) is 0 Å². The summed E-state index contributed by atoms with van der Waals surface area (Å²) in [6.45, 7) is 9.62. The molecule has 1 saturated heterocycles. The van der Waals surface area contributed by atoms with Crippen molar-refractivity contribution in [3.05, 3.63) is 40.4 Å². The smallest absolute Gasteiger partial charge is 0.203 e. The van der Waals surface area contributed by atoms with Crippen LogP contribution in [0.5, 0.6) is 0 Å². The Labute approximate surface area is 166 Å². The Morgan fingerprint density at radius 1 is 1.26 bits per heavy atom. The van der Waals surface area contributed by atoms with Crippen LogP contribution in [0.2, 0.25) is 0 Å². The molecule has 1 fully saturated rings. The molecule has 0 N–H and O–H groups in total. The SMILES string of the molecule is Cc1ccc(-n2c(C)nn(CN(CC(C)C)[C@H]3CCS(=O)(=O)C3)c2=S)cc1. The van der Waals surface area contributed by atoms with Gasteiger partial charge in [-0.1, -0.05) is 31.5 Å². The molecule has 27 heavy (non-hydrogen) atoms. The quantitative estimate of drug-likeness (QED) is 0.688. The van der Waals surface area contributed by atoms with Gasteiger partial charge in [-0.05, 0) is 50.5 Å². The number of nitrogens with zero attached hydrogens (tertiary/aromatic N) is 4. The summed E-state index contributed by atoms with van der Waals surface area (Å²) in [5.41, 5.74) is 2.19. The Morgan fingerprint density at radius 2 is 1.93 bits per heavy atom. The van der Waals surface area contributed by atoms with Gasteiger partial charge in [-0.3, -0.25) is 9.47 Å². The van der Waals surface area contributed by atoms with Gasteiger partial charge in [-0.25, -0.2) is 13.1 Å². The Balaban J connectivity index is 1.89. The number of aryl methyl sites for hydroxylation is 2. The molecule has 6 nitrogen and oxygen atoms in total. The summed E-state index contributed by atoms with van der Waals surface area (Å²) in [5, 5.41) is 4.65. The molecule has 0 amide bonds.